The topological polar surface area (TPSA) is 0 Å². The summed E-state index contributed by atoms with van der Waals surface area (Å²) in [6.07, 6.45) is 9.89. The molecule has 1 aliphatic rings. The zero-order valence-electron chi connectivity index (χ0n) is 26.6. The smallest absolute Gasteiger partial charge is 0.000477 e. The SMILES string of the molecule is CC1C=CC=CCC(c2ccc(-c3cccc4ccccc34)cc2)=c2ccccc2=C1c1ccc(-c2cccc3ccccc23)cc1. The summed E-state index contributed by atoms with van der Waals surface area (Å²) < 4.78 is 0. The van der Waals surface area contributed by atoms with E-state index in [1.807, 2.05) is 0 Å². The zero-order chi connectivity index (χ0) is 31.6. The summed E-state index contributed by atoms with van der Waals surface area (Å²) in [4.78, 5) is 0. The van der Waals surface area contributed by atoms with Gasteiger partial charge in [-0.05, 0) is 82.9 Å². The van der Waals surface area contributed by atoms with Gasteiger partial charge in [0.05, 0.1) is 0 Å². The predicted molar refractivity (Wildman–Crippen MR) is 202 cm³/mol. The largest absolute Gasteiger partial charge is 0.0801 e. The summed E-state index contributed by atoms with van der Waals surface area (Å²) in [7, 11) is 0. The van der Waals surface area contributed by atoms with Crippen molar-refractivity contribution >= 4 is 32.7 Å². The van der Waals surface area contributed by atoms with Gasteiger partial charge in [0.1, 0.15) is 0 Å². The van der Waals surface area contributed by atoms with Crippen molar-refractivity contribution in [2.45, 2.75) is 13.3 Å². The number of benzene rings is 7. The van der Waals surface area contributed by atoms with Crippen molar-refractivity contribution < 1.29 is 0 Å². The van der Waals surface area contributed by atoms with Gasteiger partial charge in [0.25, 0.3) is 0 Å². The maximum atomic E-state index is 2.32. The summed E-state index contributed by atoms with van der Waals surface area (Å²) in [5, 5.41) is 7.70. The zero-order valence-corrected chi connectivity index (χ0v) is 26.6. The van der Waals surface area contributed by atoms with Crippen LogP contribution in [0.5, 0.6) is 0 Å². The molecule has 1 atom stereocenters. The predicted octanol–water partition coefficient (Wildman–Crippen LogP) is 10.9. The second-order valence-corrected chi connectivity index (χ2v) is 12.5. The maximum Gasteiger partial charge on any atom is 0.000477 e. The standard InChI is InChI=1S/C47H36/c1-33-13-3-2-4-18-44(38-27-25-36(26-28-38)42-23-11-16-34-14-5-7-19-40(34)42)45-21-9-10-22-46(45)47(33)39-31-29-37(30-32-39)43-24-12-17-35-15-6-8-20-41(35)43/h2-17,19-33H,18H2,1H3. The summed E-state index contributed by atoms with van der Waals surface area (Å²) in [5.41, 5.74) is 10.2. The first-order valence-corrected chi connectivity index (χ1v) is 16.6. The molecule has 0 heterocycles. The number of hydrogen-bond acceptors (Lipinski definition) is 0. The first kappa shape index (κ1) is 28.7. The molecule has 8 rings (SSSR count). The lowest BCUT2D eigenvalue weighted by Crippen LogP contribution is -2.31. The van der Waals surface area contributed by atoms with Gasteiger partial charge in [-0.15, -0.1) is 0 Å². The molecule has 7 aromatic rings. The average Bonchev–Trinajstić information content (AvgIpc) is 3.13. The van der Waals surface area contributed by atoms with Crippen molar-refractivity contribution in [2.24, 2.45) is 5.92 Å². The molecule has 0 aliphatic heterocycles. The van der Waals surface area contributed by atoms with Crippen molar-refractivity contribution in [3.8, 4) is 22.3 Å². The van der Waals surface area contributed by atoms with Gasteiger partial charge in [0.15, 0.2) is 0 Å². The van der Waals surface area contributed by atoms with E-state index < -0.39 is 0 Å². The molecule has 0 saturated heterocycles. The van der Waals surface area contributed by atoms with E-state index in [0.717, 1.165) is 6.42 Å². The lowest BCUT2D eigenvalue weighted by atomic mass is 9.87. The molecule has 0 aromatic heterocycles. The van der Waals surface area contributed by atoms with Gasteiger partial charge in [-0.1, -0.05) is 189 Å². The Morgan fingerprint density at radius 2 is 0.915 bits per heavy atom. The Kier molecular flexibility index (Phi) is 7.69. The molecule has 0 heteroatoms. The fraction of sp³-hybridized carbons (Fsp3) is 0.0638. The summed E-state index contributed by atoms with van der Waals surface area (Å²) in [6.45, 7) is 2.31. The van der Waals surface area contributed by atoms with Crippen LogP contribution in [-0.4, -0.2) is 0 Å². The van der Waals surface area contributed by atoms with Crippen molar-refractivity contribution in [3.63, 3.8) is 0 Å². The van der Waals surface area contributed by atoms with Gasteiger partial charge in [-0.25, -0.2) is 0 Å². The van der Waals surface area contributed by atoms with Gasteiger partial charge in [-0.2, -0.15) is 0 Å². The van der Waals surface area contributed by atoms with Crippen LogP contribution in [0.3, 0.4) is 0 Å². The van der Waals surface area contributed by atoms with Crippen LogP contribution in [-0.2, 0) is 0 Å². The quantitative estimate of drug-likeness (QED) is 0.189. The van der Waals surface area contributed by atoms with E-state index in [1.165, 1.54) is 76.5 Å². The molecule has 0 N–H and O–H groups in total. The van der Waals surface area contributed by atoms with Crippen molar-refractivity contribution in [1.29, 1.82) is 0 Å². The molecular formula is C47H36. The minimum atomic E-state index is 0.234. The lowest BCUT2D eigenvalue weighted by Gasteiger charge is -2.17. The fourth-order valence-corrected chi connectivity index (χ4v) is 7.25. The Morgan fingerprint density at radius 3 is 1.53 bits per heavy atom. The number of allylic oxidation sites excluding steroid dienone is 4. The van der Waals surface area contributed by atoms with Crippen LogP contribution >= 0.6 is 0 Å². The Morgan fingerprint density at radius 1 is 0.426 bits per heavy atom. The van der Waals surface area contributed by atoms with Crippen LogP contribution < -0.4 is 10.4 Å². The summed E-state index contributed by atoms with van der Waals surface area (Å²) in [5.74, 6) is 0.234. The maximum absolute atomic E-state index is 2.32. The molecule has 47 heavy (non-hydrogen) atoms. The molecule has 0 saturated carbocycles. The van der Waals surface area contributed by atoms with Crippen LogP contribution in [0.4, 0.5) is 0 Å². The second-order valence-electron chi connectivity index (χ2n) is 12.5. The molecule has 224 valence electrons. The third-order valence-corrected chi connectivity index (χ3v) is 9.60. The first-order valence-electron chi connectivity index (χ1n) is 16.6. The molecule has 0 nitrogen and oxygen atoms in total. The highest BCUT2D eigenvalue weighted by Crippen LogP contribution is 2.32. The van der Waals surface area contributed by atoms with E-state index in [1.54, 1.807) is 0 Å². The molecule has 0 spiro atoms. The van der Waals surface area contributed by atoms with Gasteiger partial charge in [-0.3, -0.25) is 0 Å². The second kappa shape index (κ2) is 12.6. The van der Waals surface area contributed by atoms with E-state index in [0.29, 0.717) is 0 Å². The lowest BCUT2D eigenvalue weighted by molar-refractivity contribution is 0.954. The van der Waals surface area contributed by atoms with Crippen LogP contribution in [0.15, 0.2) is 182 Å². The highest BCUT2D eigenvalue weighted by atomic mass is 14.2. The molecular weight excluding hydrogens is 565 g/mol. The van der Waals surface area contributed by atoms with Crippen molar-refractivity contribution in [2.75, 3.05) is 0 Å². The summed E-state index contributed by atoms with van der Waals surface area (Å²) >= 11 is 0. The molecule has 0 radical (unpaired) electrons. The summed E-state index contributed by atoms with van der Waals surface area (Å²) in [6, 6.07) is 57.8. The van der Waals surface area contributed by atoms with Crippen molar-refractivity contribution in [1.82, 2.24) is 0 Å². The molecule has 1 aliphatic carbocycles. The molecule has 0 fully saturated rings. The minimum absolute atomic E-state index is 0.234. The van der Waals surface area contributed by atoms with E-state index >= 15 is 0 Å². The molecule has 1 unspecified atom stereocenters. The molecule has 0 amide bonds. The Balaban J connectivity index is 1.28. The van der Waals surface area contributed by atoms with Gasteiger partial charge >= 0.3 is 0 Å². The van der Waals surface area contributed by atoms with E-state index in [4.69, 9.17) is 0 Å². The van der Waals surface area contributed by atoms with E-state index in [2.05, 4.69) is 189 Å². The molecule has 7 aromatic carbocycles. The van der Waals surface area contributed by atoms with Crippen LogP contribution in [0, 0.1) is 5.92 Å². The van der Waals surface area contributed by atoms with Crippen LogP contribution in [0.1, 0.15) is 24.5 Å². The highest BCUT2D eigenvalue weighted by molar-refractivity contribution is 5.97. The first-order chi connectivity index (χ1) is 23.2. The van der Waals surface area contributed by atoms with Gasteiger partial charge in [0.2, 0.25) is 0 Å². The van der Waals surface area contributed by atoms with Gasteiger partial charge < -0.3 is 0 Å². The number of rotatable bonds is 4. The van der Waals surface area contributed by atoms with E-state index in [-0.39, 0.29) is 5.92 Å². The monoisotopic (exact) mass is 600 g/mol. The number of fused-ring (bicyclic) bond motifs is 3. The van der Waals surface area contributed by atoms with Crippen LogP contribution in [0.25, 0.3) is 54.9 Å². The normalized spacial score (nSPS) is 14.8. The third kappa shape index (κ3) is 5.53. The highest BCUT2D eigenvalue weighted by Gasteiger charge is 2.14. The third-order valence-electron chi connectivity index (χ3n) is 9.60. The average molecular weight is 601 g/mol. The van der Waals surface area contributed by atoms with Crippen LogP contribution in [0.2, 0.25) is 0 Å². The Hall–Kier alpha value is -5.72. The number of hydrogen-bond donors (Lipinski definition) is 0. The fourth-order valence-electron chi connectivity index (χ4n) is 7.25. The van der Waals surface area contributed by atoms with Gasteiger partial charge in [0, 0.05) is 5.92 Å². The minimum Gasteiger partial charge on any atom is -0.0801 e. The Bertz CT molecular complexity index is 2410. The Labute approximate surface area is 277 Å². The van der Waals surface area contributed by atoms with E-state index in [9.17, 15) is 0 Å². The van der Waals surface area contributed by atoms with Crippen molar-refractivity contribution in [3.05, 3.63) is 204 Å². The molecule has 0 bridgehead atoms.